The second-order valence-corrected chi connectivity index (χ2v) is 5.57. The predicted molar refractivity (Wildman–Crippen MR) is 77.4 cm³/mol. The normalized spacial score (nSPS) is 12.6. The highest BCUT2D eigenvalue weighted by Gasteiger charge is 2.18. The molecule has 0 spiro atoms. The monoisotopic (exact) mass is 286 g/mol. The van der Waals surface area contributed by atoms with Crippen LogP contribution in [0.5, 0.6) is 0 Å². The van der Waals surface area contributed by atoms with Crippen LogP contribution in [0.1, 0.15) is 28.2 Å². The third-order valence-corrected chi connectivity index (χ3v) is 3.85. The van der Waals surface area contributed by atoms with Gasteiger partial charge in [-0.15, -0.1) is 11.3 Å². The van der Waals surface area contributed by atoms with Crippen LogP contribution in [0.4, 0.5) is 0 Å². The van der Waals surface area contributed by atoms with Gasteiger partial charge in [-0.25, -0.2) is 0 Å². The van der Waals surface area contributed by atoms with Crippen molar-refractivity contribution in [3.63, 3.8) is 0 Å². The molecule has 3 aromatic heterocycles. The van der Waals surface area contributed by atoms with Crippen molar-refractivity contribution in [2.24, 2.45) is 5.73 Å². The minimum Gasteiger partial charge on any atom is -0.337 e. The molecular weight excluding hydrogens is 272 g/mol. The maximum atomic E-state index is 6.11. The number of hydrogen-bond acceptors (Lipinski definition) is 6. The number of nitrogens with zero attached hydrogens (tertiary/aromatic N) is 3. The summed E-state index contributed by atoms with van der Waals surface area (Å²) in [5.74, 6) is 0.968. The van der Waals surface area contributed by atoms with E-state index in [4.69, 9.17) is 10.3 Å². The predicted octanol–water partition coefficient (Wildman–Crippen LogP) is 2.86. The fourth-order valence-electron chi connectivity index (χ4n) is 2.03. The number of aromatic nitrogens is 3. The molecule has 3 aromatic rings. The Hall–Kier alpha value is -2.05. The van der Waals surface area contributed by atoms with Gasteiger partial charge in [0.1, 0.15) is 6.04 Å². The Balaban J connectivity index is 1.94. The molecule has 5 nitrogen and oxygen atoms in total. The van der Waals surface area contributed by atoms with Gasteiger partial charge in [0.2, 0.25) is 11.7 Å². The lowest BCUT2D eigenvalue weighted by Crippen LogP contribution is -2.10. The molecule has 0 radical (unpaired) electrons. The first-order valence-electron chi connectivity index (χ1n) is 6.22. The van der Waals surface area contributed by atoms with Crippen molar-refractivity contribution in [2.45, 2.75) is 19.9 Å². The van der Waals surface area contributed by atoms with E-state index in [0.29, 0.717) is 11.7 Å². The minimum atomic E-state index is -0.375. The molecule has 20 heavy (non-hydrogen) atoms. The van der Waals surface area contributed by atoms with Crippen LogP contribution in [-0.2, 0) is 0 Å². The van der Waals surface area contributed by atoms with Gasteiger partial charge in [-0.2, -0.15) is 4.98 Å². The molecule has 102 valence electrons. The third-order valence-electron chi connectivity index (χ3n) is 2.90. The summed E-state index contributed by atoms with van der Waals surface area (Å²) in [4.78, 5) is 9.73. The standard InChI is InChI=1S/C14H14N4OS/c1-8-6-10(7-9(2)16-8)13-17-14(19-18-13)12(15)11-4-3-5-20-11/h3-7,12H,15H2,1-2H3. The summed E-state index contributed by atoms with van der Waals surface area (Å²) in [6.45, 7) is 3.88. The second kappa shape index (κ2) is 5.15. The first-order valence-corrected chi connectivity index (χ1v) is 7.09. The Bertz CT molecular complexity index is 700. The molecule has 0 amide bonds. The number of aryl methyl sites for hydroxylation is 2. The van der Waals surface area contributed by atoms with Crippen molar-refractivity contribution in [2.75, 3.05) is 0 Å². The van der Waals surface area contributed by atoms with E-state index in [1.165, 1.54) is 0 Å². The molecule has 0 aromatic carbocycles. The van der Waals surface area contributed by atoms with E-state index < -0.39 is 0 Å². The maximum absolute atomic E-state index is 6.11. The summed E-state index contributed by atoms with van der Waals surface area (Å²) < 4.78 is 5.28. The van der Waals surface area contributed by atoms with Gasteiger partial charge in [-0.1, -0.05) is 11.2 Å². The number of rotatable bonds is 3. The van der Waals surface area contributed by atoms with E-state index in [1.54, 1.807) is 11.3 Å². The van der Waals surface area contributed by atoms with Crippen LogP contribution in [0.3, 0.4) is 0 Å². The lowest BCUT2D eigenvalue weighted by atomic mass is 10.2. The Kier molecular flexibility index (Phi) is 3.33. The minimum absolute atomic E-state index is 0.375. The van der Waals surface area contributed by atoms with Gasteiger partial charge in [0.25, 0.3) is 0 Å². The van der Waals surface area contributed by atoms with E-state index >= 15 is 0 Å². The molecule has 1 atom stereocenters. The molecule has 0 aliphatic heterocycles. The average molecular weight is 286 g/mol. The van der Waals surface area contributed by atoms with Gasteiger partial charge in [0, 0.05) is 21.8 Å². The first-order chi connectivity index (χ1) is 9.63. The van der Waals surface area contributed by atoms with Crippen LogP contribution in [0, 0.1) is 13.8 Å². The van der Waals surface area contributed by atoms with Crippen molar-refractivity contribution in [1.82, 2.24) is 15.1 Å². The highest BCUT2D eigenvalue weighted by Crippen LogP contribution is 2.25. The highest BCUT2D eigenvalue weighted by atomic mass is 32.1. The second-order valence-electron chi connectivity index (χ2n) is 4.59. The van der Waals surface area contributed by atoms with Crippen LogP contribution >= 0.6 is 11.3 Å². The zero-order valence-corrected chi connectivity index (χ0v) is 12.0. The van der Waals surface area contributed by atoms with Crippen molar-refractivity contribution >= 4 is 11.3 Å². The molecule has 1 unspecified atom stereocenters. The van der Waals surface area contributed by atoms with E-state index in [2.05, 4.69) is 15.1 Å². The molecule has 0 saturated heterocycles. The Labute approximate surface area is 120 Å². The smallest absolute Gasteiger partial charge is 0.249 e. The number of thiophene rings is 1. The Morgan fingerprint density at radius 2 is 1.95 bits per heavy atom. The van der Waals surface area contributed by atoms with Gasteiger partial charge in [-0.05, 0) is 37.4 Å². The van der Waals surface area contributed by atoms with E-state index in [0.717, 1.165) is 21.8 Å². The van der Waals surface area contributed by atoms with Gasteiger partial charge in [0.05, 0.1) is 0 Å². The van der Waals surface area contributed by atoms with Gasteiger partial charge in [0.15, 0.2) is 0 Å². The first kappa shape index (κ1) is 13.0. The van der Waals surface area contributed by atoms with Crippen LogP contribution in [0.15, 0.2) is 34.2 Å². The van der Waals surface area contributed by atoms with E-state index in [1.807, 2.05) is 43.5 Å². The molecule has 3 heterocycles. The lowest BCUT2D eigenvalue weighted by Gasteiger charge is -2.02. The largest absolute Gasteiger partial charge is 0.337 e. The van der Waals surface area contributed by atoms with Gasteiger partial charge in [-0.3, -0.25) is 4.98 Å². The molecule has 0 aliphatic rings. The Morgan fingerprint density at radius 3 is 2.60 bits per heavy atom. The summed E-state index contributed by atoms with van der Waals surface area (Å²) in [5.41, 5.74) is 8.86. The summed E-state index contributed by atoms with van der Waals surface area (Å²) in [7, 11) is 0. The fourth-order valence-corrected chi connectivity index (χ4v) is 2.75. The molecule has 0 fully saturated rings. The zero-order chi connectivity index (χ0) is 14.1. The van der Waals surface area contributed by atoms with Crippen LogP contribution < -0.4 is 5.73 Å². The van der Waals surface area contributed by atoms with Crippen LogP contribution in [-0.4, -0.2) is 15.1 Å². The summed E-state index contributed by atoms with van der Waals surface area (Å²) >= 11 is 1.57. The molecule has 0 saturated carbocycles. The van der Waals surface area contributed by atoms with Crippen molar-refractivity contribution in [3.05, 3.63) is 51.8 Å². The maximum Gasteiger partial charge on any atom is 0.249 e. The molecule has 6 heteroatoms. The molecular formula is C14H14N4OS. The van der Waals surface area contributed by atoms with E-state index in [9.17, 15) is 0 Å². The number of nitrogens with two attached hydrogens (primary N) is 1. The number of pyridine rings is 1. The Morgan fingerprint density at radius 1 is 1.20 bits per heavy atom. The number of hydrogen-bond donors (Lipinski definition) is 1. The fraction of sp³-hybridized carbons (Fsp3) is 0.214. The highest BCUT2D eigenvalue weighted by molar-refractivity contribution is 7.10. The van der Waals surface area contributed by atoms with Crippen molar-refractivity contribution in [1.29, 1.82) is 0 Å². The van der Waals surface area contributed by atoms with Crippen LogP contribution in [0.25, 0.3) is 11.4 Å². The van der Waals surface area contributed by atoms with Gasteiger partial charge < -0.3 is 10.3 Å². The molecule has 3 rings (SSSR count). The average Bonchev–Trinajstić information content (AvgIpc) is 3.09. The lowest BCUT2D eigenvalue weighted by molar-refractivity contribution is 0.368. The zero-order valence-electron chi connectivity index (χ0n) is 11.2. The molecule has 0 aliphatic carbocycles. The third kappa shape index (κ3) is 2.48. The quantitative estimate of drug-likeness (QED) is 0.801. The molecule has 0 bridgehead atoms. The van der Waals surface area contributed by atoms with Crippen molar-refractivity contribution in [3.8, 4) is 11.4 Å². The van der Waals surface area contributed by atoms with Crippen LogP contribution in [0.2, 0.25) is 0 Å². The summed E-state index contributed by atoms with van der Waals surface area (Å²) in [5, 5.41) is 5.98. The van der Waals surface area contributed by atoms with Crippen molar-refractivity contribution < 1.29 is 4.52 Å². The van der Waals surface area contributed by atoms with E-state index in [-0.39, 0.29) is 6.04 Å². The van der Waals surface area contributed by atoms with Gasteiger partial charge >= 0.3 is 0 Å². The SMILES string of the molecule is Cc1cc(-c2noc(C(N)c3cccs3)n2)cc(C)n1. The summed E-state index contributed by atoms with van der Waals surface area (Å²) in [6, 6.07) is 7.39. The summed E-state index contributed by atoms with van der Waals surface area (Å²) in [6.07, 6.45) is 0. The molecule has 2 N–H and O–H groups in total. The topological polar surface area (TPSA) is 77.8 Å².